The van der Waals surface area contributed by atoms with Crippen molar-refractivity contribution in [3.8, 4) is 0 Å². The average Bonchev–Trinajstić information content (AvgIpc) is 3.71. The van der Waals surface area contributed by atoms with E-state index in [1.54, 1.807) is 23.2 Å². The van der Waals surface area contributed by atoms with Gasteiger partial charge in [0.15, 0.2) is 0 Å². The summed E-state index contributed by atoms with van der Waals surface area (Å²) in [5.74, 6) is 0.896. The summed E-state index contributed by atoms with van der Waals surface area (Å²) in [4.78, 5) is 0. The molecule has 3 heteroatoms. The molecule has 0 radical (unpaired) electrons. The number of benzene rings is 3. The third-order valence-electron chi connectivity index (χ3n) is 16.5. The van der Waals surface area contributed by atoms with Gasteiger partial charge in [-0.25, -0.2) is 0 Å². The maximum absolute atomic E-state index is 3.16. The summed E-state index contributed by atoms with van der Waals surface area (Å²) in [7, 11) is 0. The molecule has 0 aromatic heterocycles. The van der Waals surface area contributed by atoms with Crippen molar-refractivity contribution in [1.29, 1.82) is 0 Å². The van der Waals surface area contributed by atoms with E-state index in [1.165, 1.54) is 34.2 Å². The van der Waals surface area contributed by atoms with Crippen molar-refractivity contribution in [3.05, 3.63) is 157 Å². The van der Waals surface area contributed by atoms with E-state index in [4.69, 9.17) is 0 Å². The van der Waals surface area contributed by atoms with E-state index >= 15 is 0 Å². The monoisotopic (exact) mass is 846 g/mol. The van der Waals surface area contributed by atoms with Crippen molar-refractivity contribution in [2.45, 2.75) is 105 Å². The maximum atomic E-state index is 2.85. The van der Waals surface area contributed by atoms with Crippen LogP contribution in [-0.4, -0.2) is 3.21 Å². The van der Waals surface area contributed by atoms with Crippen LogP contribution in [-0.2, 0) is 27.7 Å². The van der Waals surface area contributed by atoms with Crippen LogP contribution in [0.2, 0.25) is 3.12 Å². The van der Waals surface area contributed by atoms with Gasteiger partial charge in [-0.05, 0) is 0 Å². The molecule has 1 fully saturated rings. The zero-order valence-corrected chi connectivity index (χ0v) is 39.4. The van der Waals surface area contributed by atoms with Crippen LogP contribution < -0.4 is 24.8 Å². The zero-order valence-electron chi connectivity index (χ0n) is 35.4. The fraction of sp³-hybridized carbons (Fsp3) is 0.442. The predicted octanol–water partition coefficient (Wildman–Crippen LogP) is 7.95. The molecule has 3 aromatic rings. The van der Waals surface area contributed by atoms with E-state index in [9.17, 15) is 0 Å². The maximum Gasteiger partial charge on any atom is -1.00 e. The minimum Gasteiger partial charge on any atom is -1.00 e. The van der Waals surface area contributed by atoms with Crippen molar-refractivity contribution >= 4 is 8.78 Å². The van der Waals surface area contributed by atoms with Gasteiger partial charge in [0.25, 0.3) is 0 Å². The second-order valence-electron chi connectivity index (χ2n) is 20.0. The third-order valence-corrected chi connectivity index (χ3v) is 26.6. The second kappa shape index (κ2) is 14.2. The summed E-state index contributed by atoms with van der Waals surface area (Å²) in [6.07, 6.45) is 13.9. The van der Waals surface area contributed by atoms with Gasteiger partial charge in [0.2, 0.25) is 0 Å². The van der Waals surface area contributed by atoms with Crippen LogP contribution in [0.25, 0.3) is 5.57 Å². The van der Waals surface area contributed by atoms with E-state index in [-0.39, 0.29) is 55.0 Å². The summed E-state index contributed by atoms with van der Waals surface area (Å²) in [5.41, 5.74) is 14.2. The predicted molar refractivity (Wildman–Crippen MR) is 225 cm³/mol. The Morgan fingerprint density at radius 2 is 1.27 bits per heavy atom. The molecule has 288 valence electrons. The molecule has 0 aliphatic heterocycles. The Bertz CT molecular complexity index is 2160. The Kier molecular flexibility index (Phi) is 10.9. The topological polar surface area (TPSA) is 0 Å². The molecule has 0 bridgehead atoms. The van der Waals surface area contributed by atoms with Gasteiger partial charge >= 0.3 is 331 Å². The van der Waals surface area contributed by atoms with Crippen LogP contribution in [0.3, 0.4) is 0 Å². The molecule has 4 unspecified atom stereocenters. The van der Waals surface area contributed by atoms with Crippen LogP contribution in [0.15, 0.2) is 135 Å². The van der Waals surface area contributed by atoms with Crippen LogP contribution in [0.1, 0.15) is 118 Å². The number of rotatable bonds is 4. The first kappa shape index (κ1) is 42.3. The van der Waals surface area contributed by atoms with Crippen molar-refractivity contribution in [2.24, 2.45) is 38.9 Å². The summed E-state index contributed by atoms with van der Waals surface area (Å²) in [6, 6.07) is 32.7. The summed E-state index contributed by atoms with van der Waals surface area (Å²) in [5, 5.41) is 0. The van der Waals surface area contributed by atoms with Crippen molar-refractivity contribution in [1.82, 2.24) is 0 Å². The number of fused-ring (bicyclic) bond motifs is 6. The van der Waals surface area contributed by atoms with E-state index in [1.807, 2.05) is 5.57 Å². The van der Waals surface area contributed by atoms with Crippen molar-refractivity contribution in [2.75, 3.05) is 0 Å². The fourth-order valence-corrected chi connectivity index (χ4v) is 23.8. The van der Waals surface area contributed by atoms with E-state index in [0.717, 1.165) is 12.8 Å². The minimum absolute atomic E-state index is 0. The Morgan fingerprint density at radius 3 is 1.84 bits per heavy atom. The summed E-state index contributed by atoms with van der Waals surface area (Å²) in [6.45, 7) is 31.5. The smallest absolute Gasteiger partial charge is 1.00 e. The normalized spacial score (nSPS) is 27.9. The standard InChI is InChI=1S/C29H37.C13H10.C10H15.2ClH.Zr/c1-18-25-22-17-19-13-9-10-14-20(19)24(22)21-15-11-12-16-23(21)29(25,8)28(6,7)27(4,5)26(18,2)3;1-3-7-12(8-4-1)11-13-9-5-2-6-10-13;1-8-5-6-9(7-8)10(2,3)4;;;/h9-11,13-15,23H,12,16-17H2,1-8H3;1-10H;6-8H,1-4H3;2*1H;/q;;;;;+2/p-2. The molecule has 0 nitrogen and oxygen atoms in total. The molecule has 5 aliphatic carbocycles. The Balaban J connectivity index is 0.00000257. The first-order chi connectivity index (χ1) is 24.9. The fourth-order valence-electron chi connectivity index (χ4n) is 12.2. The molecule has 4 atom stereocenters. The summed E-state index contributed by atoms with van der Waals surface area (Å²) >= 11 is -3.16. The van der Waals surface area contributed by atoms with Crippen molar-refractivity contribution in [3.63, 3.8) is 0 Å². The quantitative estimate of drug-likeness (QED) is 0.250. The first-order valence-corrected chi connectivity index (χ1v) is 24.1. The van der Waals surface area contributed by atoms with Gasteiger partial charge in [0, 0.05) is 0 Å². The molecule has 0 N–H and O–H groups in total. The van der Waals surface area contributed by atoms with Crippen LogP contribution in [0.4, 0.5) is 0 Å². The second-order valence-corrected chi connectivity index (χ2v) is 26.9. The van der Waals surface area contributed by atoms with E-state index in [2.05, 4.69) is 192 Å². The molecule has 55 heavy (non-hydrogen) atoms. The zero-order chi connectivity index (χ0) is 37.9. The Labute approximate surface area is 353 Å². The number of hydrogen-bond donors (Lipinski definition) is 0. The van der Waals surface area contributed by atoms with Gasteiger partial charge in [0.1, 0.15) is 0 Å². The van der Waals surface area contributed by atoms with Gasteiger partial charge in [0.05, 0.1) is 0 Å². The minimum atomic E-state index is -3.16. The van der Waals surface area contributed by atoms with Crippen molar-refractivity contribution < 1.29 is 46.1 Å². The van der Waals surface area contributed by atoms with E-state index < -0.39 is 21.3 Å². The van der Waals surface area contributed by atoms with Crippen LogP contribution in [0, 0.1) is 38.9 Å². The average molecular weight is 849 g/mol. The third kappa shape index (κ3) is 5.70. The molecule has 3 aromatic carbocycles. The summed E-state index contributed by atoms with van der Waals surface area (Å²) < 4.78 is 3.39. The first-order valence-electron chi connectivity index (χ1n) is 20.4. The molecule has 5 aliphatic rings. The molecular weight excluding hydrogens is 787 g/mol. The van der Waals surface area contributed by atoms with Gasteiger partial charge in [-0.3, -0.25) is 0 Å². The Hall–Kier alpha value is -2.31. The Morgan fingerprint density at radius 1 is 0.709 bits per heavy atom. The molecule has 0 saturated heterocycles. The molecule has 0 amide bonds. The number of allylic oxidation sites excluding steroid dienone is 10. The van der Waals surface area contributed by atoms with Gasteiger partial charge in [-0.1, -0.05) is 0 Å². The van der Waals surface area contributed by atoms with Crippen LogP contribution in [0.5, 0.6) is 0 Å². The van der Waals surface area contributed by atoms with Gasteiger partial charge in [-0.15, -0.1) is 0 Å². The molecule has 0 heterocycles. The number of halogens is 2. The van der Waals surface area contributed by atoms with Crippen LogP contribution >= 0.6 is 0 Å². The molecule has 1 saturated carbocycles. The van der Waals surface area contributed by atoms with E-state index in [0.29, 0.717) is 11.8 Å². The largest absolute Gasteiger partial charge is 1.00 e. The molecule has 0 spiro atoms. The van der Waals surface area contributed by atoms with Gasteiger partial charge < -0.3 is 24.8 Å². The number of hydrogen-bond acceptors (Lipinski definition) is 0. The molecular formula is C52H62Cl2Zr. The van der Waals surface area contributed by atoms with Gasteiger partial charge in [-0.2, -0.15) is 0 Å². The SMILES string of the molecule is CC1C=C(C(C)(C)C)C=[C]1[Zr+2](=[C](c1ccccc1)c1ccccc1)[C]1(C)C2=C3Cc4ccccc4C3=C3C=CCCC3C2(C)C(C)(C)C(C)(C)C1(C)C.[Cl-].[Cl-]. The molecule has 8 rings (SSSR count).